The molecule has 0 atom stereocenters. The van der Waals surface area contributed by atoms with E-state index in [1.807, 2.05) is 24.3 Å². The molecule has 28 heavy (non-hydrogen) atoms. The highest BCUT2D eigenvalue weighted by Crippen LogP contribution is 2.33. The second-order valence-electron chi connectivity index (χ2n) is 6.29. The van der Waals surface area contributed by atoms with Crippen LogP contribution in [0.3, 0.4) is 0 Å². The minimum atomic E-state index is -0.581. The van der Waals surface area contributed by atoms with Crippen molar-refractivity contribution in [1.29, 1.82) is 0 Å². The first-order valence-electron chi connectivity index (χ1n) is 8.53. The van der Waals surface area contributed by atoms with Crippen LogP contribution in [0.1, 0.15) is 15.9 Å². The van der Waals surface area contributed by atoms with Crippen LogP contribution in [-0.4, -0.2) is 27.4 Å². The first kappa shape index (κ1) is 17.4. The van der Waals surface area contributed by atoms with Crippen molar-refractivity contribution in [2.45, 2.75) is 0 Å². The van der Waals surface area contributed by atoms with Gasteiger partial charge in [0.05, 0.1) is 11.8 Å². The van der Waals surface area contributed by atoms with Crippen LogP contribution in [0, 0.1) is 0 Å². The van der Waals surface area contributed by atoms with Gasteiger partial charge in [-0.25, -0.2) is 5.43 Å². The highest BCUT2D eigenvalue weighted by Gasteiger charge is 2.13. The van der Waals surface area contributed by atoms with Crippen LogP contribution in [0.5, 0.6) is 17.2 Å². The summed E-state index contributed by atoms with van der Waals surface area (Å²) in [5, 5.41) is 36.9. The van der Waals surface area contributed by atoms with Crippen molar-refractivity contribution in [1.82, 2.24) is 5.43 Å². The van der Waals surface area contributed by atoms with E-state index in [4.69, 9.17) is 0 Å². The fraction of sp³-hybridized carbons (Fsp3) is 0. The number of benzene rings is 4. The quantitative estimate of drug-likeness (QED) is 0.324. The van der Waals surface area contributed by atoms with Crippen LogP contribution in [0.4, 0.5) is 0 Å². The maximum absolute atomic E-state index is 12.4. The molecule has 0 unspecified atom stereocenters. The number of hydrogen-bond acceptors (Lipinski definition) is 5. The molecule has 0 spiro atoms. The van der Waals surface area contributed by atoms with Gasteiger partial charge < -0.3 is 15.3 Å². The molecule has 6 heteroatoms. The van der Waals surface area contributed by atoms with Gasteiger partial charge in [0.1, 0.15) is 17.2 Å². The molecule has 0 saturated heterocycles. The van der Waals surface area contributed by atoms with E-state index < -0.39 is 5.91 Å². The molecule has 4 aromatic rings. The van der Waals surface area contributed by atoms with E-state index in [0.29, 0.717) is 16.3 Å². The lowest BCUT2D eigenvalue weighted by Gasteiger charge is -2.08. The van der Waals surface area contributed by atoms with Gasteiger partial charge >= 0.3 is 0 Å². The predicted octanol–water partition coefficient (Wildman–Crippen LogP) is 3.87. The lowest BCUT2D eigenvalue weighted by atomic mass is 10.0. The molecule has 0 bridgehead atoms. The number of phenols is 3. The summed E-state index contributed by atoms with van der Waals surface area (Å²) in [6.45, 7) is 0. The monoisotopic (exact) mass is 372 g/mol. The highest BCUT2D eigenvalue weighted by molar-refractivity contribution is 6.06. The first-order chi connectivity index (χ1) is 13.5. The molecule has 4 N–H and O–H groups in total. The third kappa shape index (κ3) is 3.07. The van der Waals surface area contributed by atoms with Crippen molar-refractivity contribution in [3.8, 4) is 17.2 Å². The Morgan fingerprint density at radius 1 is 0.786 bits per heavy atom. The standard InChI is InChI=1S/C22H16N2O4/c25-19-10-14-6-2-1-5-13(14)9-17(19)22(28)24-23-12-18-15-7-3-4-8-16(15)20(26)11-21(18)27/h1-12,25-27H,(H,24,28)/b23-12+. The molecule has 0 heterocycles. The molecule has 4 rings (SSSR count). The number of fused-ring (bicyclic) bond motifs is 2. The number of hydrazone groups is 1. The Hall–Kier alpha value is -4.06. The molecule has 0 aliphatic carbocycles. The summed E-state index contributed by atoms with van der Waals surface area (Å²) in [5.41, 5.74) is 2.81. The SMILES string of the molecule is O=C(N/N=C/c1c(O)cc(O)c2ccccc12)c1cc2ccccc2cc1O. The summed E-state index contributed by atoms with van der Waals surface area (Å²) >= 11 is 0. The van der Waals surface area contributed by atoms with E-state index in [-0.39, 0.29) is 22.8 Å². The second-order valence-corrected chi connectivity index (χ2v) is 6.29. The number of aromatic hydroxyl groups is 3. The molecule has 0 aromatic heterocycles. The Morgan fingerprint density at radius 2 is 1.43 bits per heavy atom. The maximum Gasteiger partial charge on any atom is 0.275 e. The van der Waals surface area contributed by atoms with Gasteiger partial charge in [0.2, 0.25) is 0 Å². The zero-order valence-corrected chi connectivity index (χ0v) is 14.6. The summed E-state index contributed by atoms with van der Waals surface area (Å²) in [5.74, 6) is -0.940. The van der Waals surface area contributed by atoms with Crippen LogP contribution >= 0.6 is 0 Å². The summed E-state index contributed by atoms with van der Waals surface area (Å²) in [4.78, 5) is 12.4. The third-order valence-electron chi connectivity index (χ3n) is 4.51. The van der Waals surface area contributed by atoms with Crippen molar-refractivity contribution in [3.63, 3.8) is 0 Å². The Kier molecular flexibility index (Phi) is 4.29. The van der Waals surface area contributed by atoms with E-state index in [0.717, 1.165) is 10.8 Å². The van der Waals surface area contributed by atoms with Gasteiger partial charge in [-0.3, -0.25) is 4.79 Å². The number of nitrogens with one attached hydrogen (secondary N) is 1. The second kappa shape index (κ2) is 6.92. The predicted molar refractivity (Wildman–Crippen MR) is 108 cm³/mol. The lowest BCUT2D eigenvalue weighted by Crippen LogP contribution is -2.17. The number of carbonyl (C=O) groups excluding carboxylic acids is 1. The summed E-state index contributed by atoms with van der Waals surface area (Å²) in [6.07, 6.45) is 1.30. The summed E-state index contributed by atoms with van der Waals surface area (Å²) < 4.78 is 0. The number of nitrogens with zero attached hydrogens (tertiary/aromatic N) is 1. The van der Waals surface area contributed by atoms with Gasteiger partial charge in [0.25, 0.3) is 5.91 Å². The van der Waals surface area contributed by atoms with Crippen molar-refractivity contribution in [2.24, 2.45) is 5.10 Å². The Bertz CT molecular complexity index is 1250. The van der Waals surface area contributed by atoms with E-state index in [9.17, 15) is 20.1 Å². The highest BCUT2D eigenvalue weighted by atomic mass is 16.3. The van der Waals surface area contributed by atoms with Crippen molar-refractivity contribution < 1.29 is 20.1 Å². The van der Waals surface area contributed by atoms with Gasteiger partial charge in [-0.05, 0) is 28.3 Å². The van der Waals surface area contributed by atoms with Gasteiger partial charge in [0, 0.05) is 17.0 Å². The molecular formula is C22H16N2O4. The van der Waals surface area contributed by atoms with Crippen LogP contribution in [-0.2, 0) is 0 Å². The fourth-order valence-electron chi connectivity index (χ4n) is 3.13. The summed E-state index contributed by atoms with van der Waals surface area (Å²) in [7, 11) is 0. The molecule has 138 valence electrons. The zero-order chi connectivity index (χ0) is 19.7. The number of phenolic OH excluding ortho intramolecular Hbond substituents is 3. The Balaban J connectivity index is 1.63. The first-order valence-corrected chi connectivity index (χ1v) is 8.53. The van der Waals surface area contributed by atoms with Gasteiger partial charge in [-0.15, -0.1) is 0 Å². The molecule has 0 aliphatic rings. The van der Waals surface area contributed by atoms with E-state index in [1.54, 1.807) is 30.3 Å². The van der Waals surface area contributed by atoms with Crippen molar-refractivity contribution >= 4 is 33.7 Å². The minimum Gasteiger partial charge on any atom is -0.507 e. The van der Waals surface area contributed by atoms with Gasteiger partial charge in [-0.2, -0.15) is 5.10 Å². The molecule has 0 fully saturated rings. The molecular weight excluding hydrogens is 356 g/mol. The fourth-order valence-corrected chi connectivity index (χ4v) is 3.13. The average molecular weight is 372 g/mol. The van der Waals surface area contributed by atoms with Gasteiger partial charge in [-0.1, -0.05) is 48.5 Å². The topological polar surface area (TPSA) is 102 Å². The maximum atomic E-state index is 12.4. The van der Waals surface area contributed by atoms with E-state index in [2.05, 4.69) is 10.5 Å². The van der Waals surface area contributed by atoms with Crippen LogP contribution < -0.4 is 5.43 Å². The number of hydrogen-bond donors (Lipinski definition) is 4. The molecule has 0 radical (unpaired) electrons. The number of rotatable bonds is 3. The average Bonchev–Trinajstić information content (AvgIpc) is 2.69. The number of carbonyl (C=O) groups is 1. The van der Waals surface area contributed by atoms with Crippen LogP contribution in [0.2, 0.25) is 0 Å². The zero-order valence-electron chi connectivity index (χ0n) is 14.6. The number of amides is 1. The molecule has 1 amide bonds. The third-order valence-corrected chi connectivity index (χ3v) is 4.51. The lowest BCUT2D eigenvalue weighted by molar-refractivity contribution is 0.0952. The summed E-state index contributed by atoms with van der Waals surface area (Å²) in [6, 6.07) is 18.7. The Labute approximate surface area is 160 Å². The molecule has 0 aliphatic heterocycles. The van der Waals surface area contributed by atoms with Crippen molar-refractivity contribution in [3.05, 3.63) is 77.9 Å². The normalized spacial score (nSPS) is 11.3. The van der Waals surface area contributed by atoms with E-state index in [1.165, 1.54) is 18.3 Å². The minimum absolute atomic E-state index is 0.0460. The largest absolute Gasteiger partial charge is 0.507 e. The molecule has 0 saturated carbocycles. The van der Waals surface area contributed by atoms with Crippen LogP contribution in [0.15, 0.2) is 71.8 Å². The molecule has 6 nitrogen and oxygen atoms in total. The Morgan fingerprint density at radius 3 is 2.18 bits per heavy atom. The van der Waals surface area contributed by atoms with E-state index >= 15 is 0 Å². The molecule has 4 aromatic carbocycles. The van der Waals surface area contributed by atoms with Gasteiger partial charge in [0.15, 0.2) is 0 Å². The van der Waals surface area contributed by atoms with Crippen LogP contribution in [0.25, 0.3) is 21.5 Å². The van der Waals surface area contributed by atoms with Crippen molar-refractivity contribution in [2.75, 3.05) is 0 Å². The smallest absolute Gasteiger partial charge is 0.275 e.